The molecule has 0 radical (unpaired) electrons. The van der Waals surface area contributed by atoms with Crippen LogP contribution in [0.4, 0.5) is 5.69 Å². The van der Waals surface area contributed by atoms with Crippen LogP contribution in [0.1, 0.15) is 44.1 Å². The normalized spacial score (nSPS) is 17.8. The summed E-state index contributed by atoms with van der Waals surface area (Å²) < 4.78 is 0. The van der Waals surface area contributed by atoms with E-state index in [1.54, 1.807) is 18.2 Å². The highest BCUT2D eigenvalue weighted by molar-refractivity contribution is 6.32. The van der Waals surface area contributed by atoms with E-state index in [9.17, 15) is 15.2 Å². The van der Waals surface area contributed by atoms with Crippen LogP contribution in [0, 0.1) is 11.3 Å². The zero-order chi connectivity index (χ0) is 14.6. The number of nitriles is 1. The van der Waals surface area contributed by atoms with Crippen molar-refractivity contribution in [1.29, 1.82) is 5.26 Å². The van der Waals surface area contributed by atoms with Gasteiger partial charge in [0.05, 0.1) is 16.3 Å². The van der Waals surface area contributed by atoms with Gasteiger partial charge in [0.2, 0.25) is 0 Å². The molecule has 1 aliphatic rings. The lowest BCUT2D eigenvalue weighted by molar-refractivity contribution is -0.142. The number of rotatable bonds is 3. The summed E-state index contributed by atoms with van der Waals surface area (Å²) in [6.45, 7) is 0. The number of aliphatic carboxylic acids is 1. The Balaban J connectivity index is 2.36. The van der Waals surface area contributed by atoms with Crippen LogP contribution in [-0.4, -0.2) is 16.6 Å². The number of benzene rings is 1. The van der Waals surface area contributed by atoms with Crippen molar-refractivity contribution in [3.8, 4) is 6.07 Å². The van der Waals surface area contributed by atoms with Gasteiger partial charge in [0.15, 0.2) is 0 Å². The summed E-state index contributed by atoms with van der Waals surface area (Å²) in [4.78, 5) is 11.7. The molecule has 5 heteroatoms. The second-order valence-electron chi connectivity index (χ2n) is 5.20. The quantitative estimate of drug-likeness (QED) is 0.831. The predicted molar refractivity (Wildman–Crippen MR) is 77.9 cm³/mol. The largest absolute Gasteiger partial charge is 0.480 e. The van der Waals surface area contributed by atoms with Gasteiger partial charge in [-0.15, -0.1) is 0 Å². The first-order valence-corrected chi connectivity index (χ1v) is 7.17. The molecule has 20 heavy (non-hydrogen) atoms. The van der Waals surface area contributed by atoms with Crippen LogP contribution >= 0.6 is 11.6 Å². The van der Waals surface area contributed by atoms with Crippen molar-refractivity contribution in [1.82, 2.24) is 0 Å². The lowest BCUT2D eigenvalue weighted by Crippen LogP contribution is -2.46. The SMILES string of the molecule is N#Cc1c(Cl)cccc1NC1(C(=O)O)CCCCCC1. The number of halogens is 1. The minimum atomic E-state index is -0.993. The monoisotopic (exact) mass is 292 g/mol. The lowest BCUT2D eigenvalue weighted by Gasteiger charge is -2.31. The molecule has 1 fully saturated rings. The first-order valence-electron chi connectivity index (χ1n) is 6.79. The third-order valence-electron chi connectivity index (χ3n) is 3.87. The highest BCUT2D eigenvalue weighted by Crippen LogP contribution is 2.33. The Morgan fingerprint density at radius 3 is 2.50 bits per heavy atom. The van der Waals surface area contributed by atoms with E-state index in [1.807, 2.05) is 6.07 Å². The van der Waals surface area contributed by atoms with E-state index in [-0.39, 0.29) is 0 Å². The van der Waals surface area contributed by atoms with Gasteiger partial charge < -0.3 is 10.4 Å². The minimum Gasteiger partial charge on any atom is -0.480 e. The molecule has 0 amide bonds. The van der Waals surface area contributed by atoms with Gasteiger partial charge in [-0.25, -0.2) is 4.79 Å². The van der Waals surface area contributed by atoms with Crippen molar-refractivity contribution in [3.05, 3.63) is 28.8 Å². The van der Waals surface area contributed by atoms with Gasteiger partial charge in [0.1, 0.15) is 11.6 Å². The average Bonchev–Trinajstić information content (AvgIpc) is 2.66. The number of hydrogen-bond acceptors (Lipinski definition) is 3. The molecule has 2 N–H and O–H groups in total. The molecule has 0 atom stereocenters. The molecule has 0 spiro atoms. The molecule has 1 saturated carbocycles. The first-order chi connectivity index (χ1) is 9.59. The summed E-state index contributed by atoms with van der Waals surface area (Å²) in [5.41, 5.74) is -0.185. The van der Waals surface area contributed by atoms with Crippen molar-refractivity contribution >= 4 is 23.3 Å². The molecular formula is C15H17ClN2O2. The molecule has 106 valence electrons. The molecule has 0 aliphatic heterocycles. The maximum atomic E-state index is 11.7. The summed E-state index contributed by atoms with van der Waals surface area (Å²) in [7, 11) is 0. The Kier molecular flexibility index (Phi) is 4.51. The minimum absolute atomic E-state index is 0.305. The maximum Gasteiger partial charge on any atom is 0.329 e. The van der Waals surface area contributed by atoms with E-state index in [0.717, 1.165) is 25.7 Å². The van der Waals surface area contributed by atoms with Gasteiger partial charge in [-0.1, -0.05) is 43.4 Å². The first kappa shape index (κ1) is 14.7. The van der Waals surface area contributed by atoms with Crippen LogP contribution in [0.5, 0.6) is 0 Å². The summed E-state index contributed by atoms with van der Waals surface area (Å²) in [5.74, 6) is -0.858. The number of nitrogens with zero attached hydrogens (tertiary/aromatic N) is 1. The Hall–Kier alpha value is -1.73. The predicted octanol–water partition coefficient (Wildman–Crippen LogP) is 3.80. The number of hydrogen-bond donors (Lipinski definition) is 2. The molecule has 2 rings (SSSR count). The second-order valence-corrected chi connectivity index (χ2v) is 5.61. The standard InChI is InChI=1S/C15H17ClN2O2/c16-12-6-5-7-13(11(12)10-17)18-15(14(19)20)8-3-1-2-4-9-15/h5-7,18H,1-4,8-9H2,(H,19,20). The van der Waals surface area contributed by atoms with Crippen LogP contribution in [0.25, 0.3) is 0 Å². The maximum absolute atomic E-state index is 11.7. The van der Waals surface area contributed by atoms with Crippen LogP contribution in [0.3, 0.4) is 0 Å². The number of carboxylic acids is 1. The molecule has 0 aromatic heterocycles. The summed E-state index contributed by atoms with van der Waals surface area (Å²) >= 11 is 5.99. The molecule has 4 nitrogen and oxygen atoms in total. The Bertz CT molecular complexity index is 543. The Morgan fingerprint density at radius 2 is 1.95 bits per heavy atom. The van der Waals surface area contributed by atoms with Gasteiger partial charge in [-0.2, -0.15) is 5.26 Å². The van der Waals surface area contributed by atoms with Crippen molar-refractivity contribution in [2.24, 2.45) is 0 Å². The van der Waals surface area contributed by atoms with Crippen LogP contribution < -0.4 is 5.32 Å². The van der Waals surface area contributed by atoms with Crippen molar-refractivity contribution in [3.63, 3.8) is 0 Å². The fourth-order valence-corrected chi connectivity index (χ4v) is 2.94. The van der Waals surface area contributed by atoms with E-state index in [2.05, 4.69) is 5.32 Å². The molecule has 1 aliphatic carbocycles. The average molecular weight is 293 g/mol. The van der Waals surface area contributed by atoms with E-state index < -0.39 is 11.5 Å². The topological polar surface area (TPSA) is 73.1 Å². The number of nitrogens with one attached hydrogen (secondary N) is 1. The summed E-state index contributed by atoms with van der Waals surface area (Å²) in [6.07, 6.45) is 5.00. The highest BCUT2D eigenvalue weighted by atomic mass is 35.5. The van der Waals surface area contributed by atoms with Crippen molar-refractivity contribution < 1.29 is 9.90 Å². The van der Waals surface area contributed by atoms with Gasteiger partial charge in [-0.3, -0.25) is 0 Å². The van der Waals surface area contributed by atoms with E-state index >= 15 is 0 Å². The number of anilines is 1. The summed E-state index contributed by atoms with van der Waals surface area (Å²) in [5, 5.41) is 22.2. The molecule has 0 heterocycles. The van der Waals surface area contributed by atoms with E-state index in [0.29, 0.717) is 29.1 Å². The second kappa shape index (κ2) is 6.15. The molecule has 1 aromatic rings. The van der Waals surface area contributed by atoms with Gasteiger partial charge >= 0.3 is 5.97 Å². The van der Waals surface area contributed by atoms with E-state index in [1.165, 1.54) is 0 Å². The summed E-state index contributed by atoms with van der Waals surface area (Å²) in [6, 6.07) is 7.10. The van der Waals surface area contributed by atoms with Crippen LogP contribution in [0.15, 0.2) is 18.2 Å². The number of carbonyl (C=O) groups is 1. The Labute approximate surface area is 123 Å². The van der Waals surface area contributed by atoms with Crippen molar-refractivity contribution in [2.75, 3.05) is 5.32 Å². The number of carboxylic acid groups (broad SMARTS) is 1. The smallest absolute Gasteiger partial charge is 0.329 e. The molecule has 0 bridgehead atoms. The molecule has 0 saturated heterocycles. The van der Waals surface area contributed by atoms with E-state index in [4.69, 9.17) is 11.6 Å². The van der Waals surface area contributed by atoms with Crippen LogP contribution in [-0.2, 0) is 4.79 Å². The van der Waals surface area contributed by atoms with Gasteiger partial charge in [0, 0.05) is 0 Å². The van der Waals surface area contributed by atoms with Gasteiger partial charge in [0.25, 0.3) is 0 Å². The molecule has 1 aromatic carbocycles. The highest BCUT2D eigenvalue weighted by Gasteiger charge is 2.39. The van der Waals surface area contributed by atoms with Crippen LogP contribution in [0.2, 0.25) is 5.02 Å². The molecule has 0 unspecified atom stereocenters. The van der Waals surface area contributed by atoms with Gasteiger partial charge in [-0.05, 0) is 25.0 Å². The third-order valence-corrected chi connectivity index (χ3v) is 4.18. The van der Waals surface area contributed by atoms with Crippen molar-refractivity contribution in [2.45, 2.75) is 44.1 Å². The Morgan fingerprint density at radius 1 is 1.30 bits per heavy atom. The zero-order valence-corrected chi connectivity index (χ0v) is 11.9. The fraction of sp³-hybridized carbons (Fsp3) is 0.467. The fourth-order valence-electron chi connectivity index (χ4n) is 2.72. The zero-order valence-electron chi connectivity index (χ0n) is 11.2. The third kappa shape index (κ3) is 2.88. The lowest BCUT2D eigenvalue weighted by atomic mass is 9.89. The molecular weight excluding hydrogens is 276 g/mol.